The van der Waals surface area contributed by atoms with Crippen LogP contribution in [-0.4, -0.2) is 7.11 Å². The van der Waals surface area contributed by atoms with Crippen LogP contribution >= 0.6 is 15.9 Å². The molecule has 1 unspecified atom stereocenters. The molecule has 1 aliphatic rings. The molecule has 1 aromatic rings. The average molecular weight is 282 g/mol. The van der Waals surface area contributed by atoms with Crippen LogP contribution < -0.4 is 10.5 Å². The summed E-state index contributed by atoms with van der Waals surface area (Å²) in [5.74, 6) is 0.844. The van der Waals surface area contributed by atoms with Crippen LogP contribution in [0.25, 0.3) is 0 Å². The van der Waals surface area contributed by atoms with Crippen molar-refractivity contribution in [1.82, 2.24) is 0 Å². The monoisotopic (exact) mass is 281 g/mol. The van der Waals surface area contributed by atoms with Gasteiger partial charge in [0.25, 0.3) is 0 Å². The second-order valence-electron chi connectivity index (χ2n) is 4.04. The molecule has 0 bridgehead atoms. The third-order valence-electron chi connectivity index (χ3n) is 3.01. The van der Waals surface area contributed by atoms with Crippen molar-refractivity contribution in [3.8, 4) is 5.75 Å². The Balaban J connectivity index is 2.23. The largest absolute Gasteiger partial charge is 0.496 e. The Morgan fingerprint density at radius 2 is 2.25 bits per heavy atom. The van der Waals surface area contributed by atoms with E-state index in [1.165, 1.54) is 18.4 Å². The number of benzene rings is 1. The molecular formula is C13H16BrNO. The maximum atomic E-state index is 6.23. The highest BCUT2D eigenvalue weighted by molar-refractivity contribution is 9.10. The van der Waals surface area contributed by atoms with Gasteiger partial charge >= 0.3 is 0 Å². The highest BCUT2D eigenvalue weighted by atomic mass is 79.9. The number of allylic oxidation sites excluding steroid dienone is 1. The second kappa shape index (κ2) is 5.02. The van der Waals surface area contributed by atoms with Crippen molar-refractivity contribution < 1.29 is 4.74 Å². The van der Waals surface area contributed by atoms with Crippen molar-refractivity contribution in [1.29, 1.82) is 0 Å². The number of hydrogen-bond donors (Lipinski definition) is 1. The summed E-state index contributed by atoms with van der Waals surface area (Å²) in [6.07, 6.45) is 5.80. The van der Waals surface area contributed by atoms with Crippen LogP contribution in [0.2, 0.25) is 0 Å². The lowest BCUT2D eigenvalue weighted by molar-refractivity contribution is 0.412. The van der Waals surface area contributed by atoms with Crippen LogP contribution in [0.5, 0.6) is 5.75 Å². The number of halogens is 1. The summed E-state index contributed by atoms with van der Waals surface area (Å²) in [5.41, 5.74) is 8.73. The van der Waals surface area contributed by atoms with E-state index in [0.29, 0.717) is 0 Å². The zero-order chi connectivity index (χ0) is 11.5. The quantitative estimate of drug-likeness (QED) is 0.860. The van der Waals surface area contributed by atoms with Gasteiger partial charge in [-0.1, -0.05) is 17.7 Å². The molecular weight excluding hydrogens is 266 g/mol. The fraction of sp³-hybridized carbons (Fsp3) is 0.385. The lowest BCUT2D eigenvalue weighted by Gasteiger charge is -2.15. The van der Waals surface area contributed by atoms with Gasteiger partial charge < -0.3 is 10.5 Å². The minimum absolute atomic E-state index is 0.0321. The molecule has 1 atom stereocenters. The Hall–Kier alpha value is -0.800. The summed E-state index contributed by atoms with van der Waals surface area (Å²) in [5, 5.41) is 0. The van der Waals surface area contributed by atoms with E-state index in [9.17, 15) is 0 Å². The molecule has 2 N–H and O–H groups in total. The normalized spacial score (nSPS) is 17.1. The molecule has 0 fully saturated rings. The van der Waals surface area contributed by atoms with Gasteiger partial charge in [0.2, 0.25) is 0 Å². The second-order valence-corrected chi connectivity index (χ2v) is 4.90. The third-order valence-corrected chi connectivity index (χ3v) is 3.63. The molecule has 86 valence electrons. The van der Waals surface area contributed by atoms with Crippen molar-refractivity contribution in [2.24, 2.45) is 5.73 Å². The predicted molar refractivity (Wildman–Crippen MR) is 69.6 cm³/mol. The Morgan fingerprint density at radius 1 is 1.44 bits per heavy atom. The Bertz CT molecular complexity index is 414. The summed E-state index contributed by atoms with van der Waals surface area (Å²) >= 11 is 3.48. The fourth-order valence-corrected chi connectivity index (χ4v) is 2.63. The molecule has 0 aliphatic heterocycles. The van der Waals surface area contributed by atoms with Gasteiger partial charge in [0.05, 0.1) is 17.6 Å². The first-order valence-corrected chi connectivity index (χ1v) is 6.29. The van der Waals surface area contributed by atoms with Gasteiger partial charge in [-0.3, -0.25) is 0 Å². The molecule has 1 aliphatic carbocycles. The van der Waals surface area contributed by atoms with Crippen LogP contribution in [0, 0.1) is 0 Å². The third kappa shape index (κ3) is 2.30. The molecule has 1 aromatic carbocycles. The number of ether oxygens (including phenoxy) is 1. The van der Waals surface area contributed by atoms with E-state index in [4.69, 9.17) is 10.5 Å². The molecule has 2 nitrogen and oxygen atoms in total. The highest BCUT2D eigenvalue weighted by Crippen LogP contribution is 2.32. The van der Waals surface area contributed by atoms with Crippen LogP contribution in [-0.2, 0) is 0 Å². The molecule has 0 saturated heterocycles. The van der Waals surface area contributed by atoms with Crippen molar-refractivity contribution in [2.45, 2.75) is 25.3 Å². The minimum atomic E-state index is 0.0321. The number of methoxy groups -OCH3 is 1. The zero-order valence-electron chi connectivity index (χ0n) is 9.37. The summed E-state index contributed by atoms with van der Waals surface area (Å²) in [6.45, 7) is 0. The van der Waals surface area contributed by atoms with E-state index in [1.54, 1.807) is 7.11 Å². The maximum Gasteiger partial charge on any atom is 0.133 e. The first-order chi connectivity index (χ1) is 7.72. The van der Waals surface area contributed by atoms with Crippen molar-refractivity contribution in [2.75, 3.05) is 7.11 Å². The Morgan fingerprint density at radius 3 is 2.81 bits per heavy atom. The Kier molecular flexibility index (Phi) is 3.66. The van der Waals surface area contributed by atoms with E-state index in [2.05, 4.69) is 22.0 Å². The lowest BCUT2D eigenvalue weighted by atomic mass is 9.99. The van der Waals surface area contributed by atoms with Crippen LogP contribution in [0.3, 0.4) is 0 Å². The van der Waals surface area contributed by atoms with Gasteiger partial charge in [0.1, 0.15) is 5.75 Å². The standard InChI is InChI=1S/C13H16BrNO/c1-16-12-7-6-10(8-11(12)14)13(15)9-4-2-3-5-9/h4,6-8,13H,2-3,5,15H2,1H3. The Labute approximate surface area is 105 Å². The van der Waals surface area contributed by atoms with Gasteiger partial charge in [0.15, 0.2) is 0 Å². The summed E-state index contributed by atoms with van der Waals surface area (Å²) in [7, 11) is 1.67. The topological polar surface area (TPSA) is 35.2 Å². The van der Waals surface area contributed by atoms with Crippen molar-refractivity contribution in [3.63, 3.8) is 0 Å². The minimum Gasteiger partial charge on any atom is -0.496 e. The highest BCUT2D eigenvalue weighted by Gasteiger charge is 2.15. The smallest absolute Gasteiger partial charge is 0.133 e. The lowest BCUT2D eigenvalue weighted by Crippen LogP contribution is -2.12. The van der Waals surface area contributed by atoms with Crippen LogP contribution in [0.1, 0.15) is 30.9 Å². The van der Waals surface area contributed by atoms with Gasteiger partial charge in [-0.2, -0.15) is 0 Å². The molecule has 0 radical (unpaired) electrons. The van der Waals surface area contributed by atoms with Crippen LogP contribution in [0.15, 0.2) is 34.3 Å². The first-order valence-electron chi connectivity index (χ1n) is 5.50. The first kappa shape index (κ1) is 11.7. The summed E-state index contributed by atoms with van der Waals surface area (Å²) in [4.78, 5) is 0. The van der Waals surface area contributed by atoms with Crippen LogP contribution in [0.4, 0.5) is 0 Å². The molecule has 3 heteroatoms. The van der Waals surface area contributed by atoms with Gasteiger partial charge in [0, 0.05) is 0 Å². The molecule has 2 rings (SSSR count). The van der Waals surface area contributed by atoms with E-state index in [-0.39, 0.29) is 6.04 Å². The molecule has 0 amide bonds. The van der Waals surface area contributed by atoms with Crippen molar-refractivity contribution >= 4 is 15.9 Å². The molecule has 0 saturated carbocycles. The van der Waals surface area contributed by atoms with E-state index in [0.717, 1.165) is 22.2 Å². The average Bonchev–Trinajstić information content (AvgIpc) is 2.81. The van der Waals surface area contributed by atoms with E-state index >= 15 is 0 Å². The van der Waals surface area contributed by atoms with Gasteiger partial charge in [-0.05, 0) is 52.9 Å². The molecule has 0 spiro atoms. The van der Waals surface area contributed by atoms with E-state index < -0.39 is 0 Å². The molecule has 0 heterocycles. The number of nitrogens with two attached hydrogens (primary N) is 1. The van der Waals surface area contributed by atoms with Gasteiger partial charge in [-0.25, -0.2) is 0 Å². The SMILES string of the molecule is COc1ccc(C(N)C2=CCCC2)cc1Br. The van der Waals surface area contributed by atoms with E-state index in [1.807, 2.05) is 18.2 Å². The van der Waals surface area contributed by atoms with Gasteiger partial charge in [-0.15, -0.1) is 0 Å². The fourth-order valence-electron chi connectivity index (χ4n) is 2.07. The van der Waals surface area contributed by atoms with Crippen molar-refractivity contribution in [3.05, 3.63) is 39.9 Å². The zero-order valence-corrected chi connectivity index (χ0v) is 11.0. The summed E-state index contributed by atoms with van der Waals surface area (Å²) < 4.78 is 6.16. The summed E-state index contributed by atoms with van der Waals surface area (Å²) in [6, 6.07) is 6.06. The molecule has 0 aromatic heterocycles. The molecule has 16 heavy (non-hydrogen) atoms. The number of rotatable bonds is 3. The predicted octanol–water partition coefficient (Wildman–Crippen LogP) is 3.57. The maximum absolute atomic E-state index is 6.23. The number of hydrogen-bond acceptors (Lipinski definition) is 2.